The molecule has 2 aromatic carbocycles. The predicted octanol–water partition coefficient (Wildman–Crippen LogP) is 2.97. The number of nitrogens with one attached hydrogen (secondary N) is 1. The van der Waals surface area contributed by atoms with Crippen molar-refractivity contribution in [2.75, 3.05) is 11.1 Å². The molecule has 1 amide bonds. The zero-order valence-electron chi connectivity index (χ0n) is 10.9. The molecule has 0 aliphatic carbocycles. The smallest absolute Gasteiger partial charge is 0.257 e. The van der Waals surface area contributed by atoms with Gasteiger partial charge in [0.25, 0.3) is 5.91 Å². The van der Waals surface area contributed by atoms with Gasteiger partial charge in [0.2, 0.25) is 0 Å². The summed E-state index contributed by atoms with van der Waals surface area (Å²) in [5, 5.41) is 2.80. The lowest BCUT2D eigenvalue weighted by atomic mass is 10.1. The lowest BCUT2D eigenvalue weighted by Gasteiger charge is -2.07. The Morgan fingerprint density at radius 2 is 2.05 bits per heavy atom. The third kappa shape index (κ3) is 2.21. The van der Waals surface area contributed by atoms with E-state index in [2.05, 4.69) is 10.3 Å². The van der Waals surface area contributed by atoms with Crippen LogP contribution < -0.4 is 11.1 Å². The first-order valence-electron chi connectivity index (χ1n) is 6.16. The Kier molecular flexibility index (Phi) is 2.87. The summed E-state index contributed by atoms with van der Waals surface area (Å²) in [6, 6.07) is 12.3. The number of nitrogens with two attached hydrogens (primary N) is 1. The van der Waals surface area contributed by atoms with E-state index < -0.39 is 0 Å². The van der Waals surface area contributed by atoms with E-state index in [0.717, 1.165) is 0 Å². The number of hydrogen-bond donors (Lipinski definition) is 2. The Morgan fingerprint density at radius 3 is 2.85 bits per heavy atom. The number of para-hydroxylation sites is 1. The van der Waals surface area contributed by atoms with Crippen molar-refractivity contribution in [2.45, 2.75) is 6.92 Å². The van der Waals surface area contributed by atoms with Crippen LogP contribution in [0.1, 0.15) is 16.2 Å². The molecule has 0 saturated heterocycles. The Morgan fingerprint density at radius 1 is 1.25 bits per heavy atom. The van der Waals surface area contributed by atoms with Gasteiger partial charge in [0.1, 0.15) is 5.52 Å². The second kappa shape index (κ2) is 4.70. The summed E-state index contributed by atoms with van der Waals surface area (Å²) in [5.74, 6) is 0.346. The van der Waals surface area contributed by atoms with Gasteiger partial charge in [-0.15, -0.1) is 0 Å². The molecule has 0 fully saturated rings. The van der Waals surface area contributed by atoms with E-state index in [4.69, 9.17) is 10.2 Å². The van der Waals surface area contributed by atoms with E-state index in [9.17, 15) is 4.79 Å². The molecule has 0 spiro atoms. The number of carbonyl (C=O) groups excluding carboxylic acids is 1. The van der Waals surface area contributed by atoms with Crippen LogP contribution in [0.25, 0.3) is 11.1 Å². The van der Waals surface area contributed by atoms with Crippen molar-refractivity contribution < 1.29 is 9.21 Å². The highest BCUT2D eigenvalue weighted by Crippen LogP contribution is 2.21. The van der Waals surface area contributed by atoms with Gasteiger partial charge in [-0.25, -0.2) is 4.98 Å². The normalized spacial score (nSPS) is 10.7. The molecule has 3 N–H and O–H groups in total. The minimum absolute atomic E-state index is 0.248. The summed E-state index contributed by atoms with van der Waals surface area (Å²) < 4.78 is 5.39. The van der Waals surface area contributed by atoms with E-state index in [0.29, 0.717) is 33.9 Å². The number of rotatable bonds is 2. The fourth-order valence-electron chi connectivity index (χ4n) is 2.02. The van der Waals surface area contributed by atoms with E-state index in [1.54, 1.807) is 49.4 Å². The molecule has 3 rings (SSSR count). The van der Waals surface area contributed by atoms with Crippen LogP contribution in [0, 0.1) is 6.92 Å². The third-order valence-electron chi connectivity index (χ3n) is 2.96. The lowest BCUT2D eigenvalue weighted by molar-refractivity contribution is 0.102. The van der Waals surface area contributed by atoms with Crippen LogP contribution in [0.4, 0.5) is 11.4 Å². The molecule has 1 aromatic heterocycles. The molecule has 100 valence electrons. The molecular weight excluding hydrogens is 254 g/mol. The van der Waals surface area contributed by atoms with Crippen molar-refractivity contribution in [1.82, 2.24) is 4.98 Å². The second-order valence-electron chi connectivity index (χ2n) is 4.46. The summed E-state index contributed by atoms with van der Waals surface area (Å²) >= 11 is 0. The Hall–Kier alpha value is -2.82. The van der Waals surface area contributed by atoms with Gasteiger partial charge in [-0.2, -0.15) is 0 Å². The summed E-state index contributed by atoms with van der Waals surface area (Å²) in [7, 11) is 0. The van der Waals surface area contributed by atoms with Gasteiger partial charge in [0, 0.05) is 18.3 Å². The van der Waals surface area contributed by atoms with Crippen molar-refractivity contribution in [2.24, 2.45) is 0 Å². The largest absolute Gasteiger partial charge is 0.441 e. The molecule has 1 heterocycles. The first kappa shape index (κ1) is 12.2. The quantitative estimate of drug-likeness (QED) is 0.699. The Labute approximate surface area is 115 Å². The molecule has 0 aliphatic heterocycles. The van der Waals surface area contributed by atoms with Crippen molar-refractivity contribution in [3.05, 3.63) is 53.9 Å². The summed E-state index contributed by atoms with van der Waals surface area (Å²) in [6.07, 6.45) is 0. The molecule has 5 nitrogen and oxygen atoms in total. The number of aryl methyl sites for hydroxylation is 1. The molecule has 0 aliphatic rings. The predicted molar refractivity (Wildman–Crippen MR) is 77.6 cm³/mol. The van der Waals surface area contributed by atoms with Gasteiger partial charge in [0.15, 0.2) is 11.5 Å². The van der Waals surface area contributed by atoms with Crippen molar-refractivity contribution >= 4 is 28.4 Å². The fraction of sp³-hybridized carbons (Fsp3) is 0.0667. The van der Waals surface area contributed by atoms with E-state index in [1.165, 1.54) is 0 Å². The van der Waals surface area contributed by atoms with Crippen LogP contribution in [-0.2, 0) is 0 Å². The monoisotopic (exact) mass is 267 g/mol. The minimum atomic E-state index is -0.248. The number of hydrogen-bond acceptors (Lipinski definition) is 4. The molecule has 0 saturated carbocycles. The number of amides is 1. The molecule has 0 bridgehead atoms. The van der Waals surface area contributed by atoms with Gasteiger partial charge >= 0.3 is 0 Å². The average molecular weight is 267 g/mol. The molecule has 0 radical (unpaired) electrons. The maximum Gasteiger partial charge on any atom is 0.257 e. The zero-order valence-corrected chi connectivity index (χ0v) is 10.9. The summed E-state index contributed by atoms with van der Waals surface area (Å²) in [6.45, 7) is 1.78. The molecule has 3 aromatic rings. The van der Waals surface area contributed by atoms with Crippen LogP contribution >= 0.6 is 0 Å². The van der Waals surface area contributed by atoms with Crippen molar-refractivity contribution in [1.29, 1.82) is 0 Å². The van der Waals surface area contributed by atoms with Gasteiger partial charge in [-0.05, 0) is 30.3 Å². The first-order chi connectivity index (χ1) is 9.63. The SMILES string of the molecule is Cc1nc2cc(NC(=O)c3ccccc3N)ccc2o1. The van der Waals surface area contributed by atoms with Crippen molar-refractivity contribution in [3.63, 3.8) is 0 Å². The van der Waals surface area contributed by atoms with E-state index in [-0.39, 0.29) is 5.91 Å². The van der Waals surface area contributed by atoms with Crippen molar-refractivity contribution in [3.8, 4) is 0 Å². The van der Waals surface area contributed by atoms with Crippen LogP contribution in [0.5, 0.6) is 0 Å². The van der Waals surface area contributed by atoms with Gasteiger partial charge in [0.05, 0.1) is 5.56 Å². The average Bonchev–Trinajstić information content (AvgIpc) is 2.78. The lowest BCUT2D eigenvalue weighted by Crippen LogP contribution is -2.13. The van der Waals surface area contributed by atoms with Gasteiger partial charge < -0.3 is 15.5 Å². The van der Waals surface area contributed by atoms with Crippen LogP contribution in [-0.4, -0.2) is 10.9 Å². The highest BCUT2D eigenvalue weighted by molar-refractivity contribution is 6.08. The molecule has 5 heteroatoms. The number of aromatic nitrogens is 1. The molecule has 0 unspecified atom stereocenters. The standard InChI is InChI=1S/C15H13N3O2/c1-9-17-13-8-10(6-7-14(13)20-9)18-15(19)11-4-2-3-5-12(11)16/h2-8H,16H2,1H3,(H,18,19). The van der Waals surface area contributed by atoms with Crippen LogP contribution in [0.15, 0.2) is 46.9 Å². The molecule has 0 atom stereocenters. The molecule has 20 heavy (non-hydrogen) atoms. The summed E-state index contributed by atoms with van der Waals surface area (Å²) in [4.78, 5) is 16.4. The second-order valence-corrected chi connectivity index (χ2v) is 4.46. The number of benzene rings is 2. The Balaban J connectivity index is 1.89. The maximum absolute atomic E-state index is 12.1. The van der Waals surface area contributed by atoms with Crippen LogP contribution in [0.2, 0.25) is 0 Å². The minimum Gasteiger partial charge on any atom is -0.441 e. The zero-order chi connectivity index (χ0) is 14.1. The van der Waals surface area contributed by atoms with Gasteiger partial charge in [-0.3, -0.25) is 4.79 Å². The Bertz CT molecular complexity index is 793. The highest BCUT2D eigenvalue weighted by atomic mass is 16.3. The van der Waals surface area contributed by atoms with E-state index >= 15 is 0 Å². The maximum atomic E-state index is 12.1. The van der Waals surface area contributed by atoms with Crippen LogP contribution in [0.3, 0.4) is 0 Å². The third-order valence-corrected chi connectivity index (χ3v) is 2.96. The number of carbonyl (C=O) groups is 1. The van der Waals surface area contributed by atoms with E-state index in [1.807, 2.05) is 0 Å². The van der Waals surface area contributed by atoms with Gasteiger partial charge in [-0.1, -0.05) is 12.1 Å². The molecular formula is C15H13N3O2. The number of nitrogen functional groups attached to an aromatic ring is 1. The number of fused-ring (bicyclic) bond motifs is 1. The highest BCUT2D eigenvalue weighted by Gasteiger charge is 2.10. The number of oxazole rings is 1. The number of nitrogens with zero attached hydrogens (tertiary/aromatic N) is 1. The first-order valence-corrected chi connectivity index (χ1v) is 6.16. The number of anilines is 2. The topological polar surface area (TPSA) is 81.2 Å². The summed E-state index contributed by atoms with van der Waals surface area (Å²) in [5.41, 5.74) is 8.73. The fourth-order valence-corrected chi connectivity index (χ4v) is 2.02.